The Hall–Kier alpha value is -0.240. The highest BCUT2D eigenvalue weighted by atomic mass is 32.2. The summed E-state index contributed by atoms with van der Waals surface area (Å²) >= 11 is 1.63. The Morgan fingerprint density at radius 2 is 2.25 bits per heavy atom. The molecule has 68 valence electrons. The number of allylic oxidation sites excluding steroid dienone is 2. The fourth-order valence-electron chi connectivity index (χ4n) is 1.36. The molecule has 0 unspecified atom stereocenters. The van der Waals surface area contributed by atoms with Gasteiger partial charge in [0.25, 0.3) is 0 Å². The number of hydrogen-bond acceptors (Lipinski definition) is 2. The highest BCUT2D eigenvalue weighted by molar-refractivity contribution is 8.00. The monoisotopic (exact) mass is 184 g/mol. The van der Waals surface area contributed by atoms with Gasteiger partial charge in [0.1, 0.15) is 0 Å². The van der Waals surface area contributed by atoms with Crippen molar-refractivity contribution < 1.29 is 4.79 Å². The first-order valence-electron chi connectivity index (χ1n) is 4.37. The van der Waals surface area contributed by atoms with Crippen molar-refractivity contribution in [3.8, 4) is 0 Å². The van der Waals surface area contributed by atoms with E-state index in [2.05, 4.69) is 6.08 Å². The third-order valence-electron chi connectivity index (χ3n) is 2.39. The number of hydrogen-bond donors (Lipinski definition) is 0. The molecule has 0 heterocycles. The second kappa shape index (κ2) is 3.65. The van der Waals surface area contributed by atoms with Crippen molar-refractivity contribution >= 4 is 17.5 Å². The van der Waals surface area contributed by atoms with Gasteiger partial charge in [0.05, 0.1) is 4.75 Å². The van der Waals surface area contributed by atoms with Gasteiger partial charge in [-0.05, 0) is 44.9 Å². The van der Waals surface area contributed by atoms with E-state index >= 15 is 0 Å². The number of carbonyl (C=O) groups excluding carboxylic acids is 1. The molecule has 0 aliphatic heterocycles. The van der Waals surface area contributed by atoms with Crippen LogP contribution in [0.5, 0.6) is 0 Å². The predicted molar refractivity (Wildman–Crippen MR) is 54.5 cm³/mol. The van der Waals surface area contributed by atoms with Crippen LogP contribution in [-0.4, -0.2) is 16.8 Å². The zero-order valence-corrected chi connectivity index (χ0v) is 8.83. The number of Topliss-reactive ketones (excluding diaryl/α,β-unsaturated/α-hetero) is 1. The molecule has 0 bridgehead atoms. The molecule has 0 radical (unpaired) electrons. The van der Waals surface area contributed by atoms with Crippen LogP contribution in [0.1, 0.15) is 33.1 Å². The van der Waals surface area contributed by atoms with Crippen LogP contribution in [0.3, 0.4) is 0 Å². The predicted octanol–water partition coefficient (Wildman–Crippen LogP) is 2.81. The van der Waals surface area contributed by atoms with Crippen molar-refractivity contribution in [2.75, 3.05) is 6.26 Å². The fourth-order valence-corrected chi connectivity index (χ4v) is 1.67. The topological polar surface area (TPSA) is 17.1 Å². The lowest BCUT2D eigenvalue weighted by Crippen LogP contribution is -2.28. The summed E-state index contributed by atoms with van der Waals surface area (Å²) in [5.74, 6) is 0.326. The molecule has 0 amide bonds. The Morgan fingerprint density at radius 3 is 2.67 bits per heavy atom. The lowest BCUT2D eigenvalue weighted by molar-refractivity contribution is -0.117. The highest BCUT2D eigenvalue weighted by Gasteiger charge is 2.29. The van der Waals surface area contributed by atoms with E-state index in [0.717, 1.165) is 24.8 Å². The quantitative estimate of drug-likeness (QED) is 0.671. The summed E-state index contributed by atoms with van der Waals surface area (Å²) in [5, 5.41) is 0. The maximum absolute atomic E-state index is 11.8. The Kier molecular flexibility index (Phi) is 2.99. The fraction of sp³-hybridized carbons (Fsp3) is 0.700. The van der Waals surface area contributed by atoms with Crippen molar-refractivity contribution in [3.63, 3.8) is 0 Å². The van der Waals surface area contributed by atoms with E-state index in [1.54, 1.807) is 11.8 Å². The Morgan fingerprint density at radius 1 is 1.58 bits per heavy atom. The van der Waals surface area contributed by atoms with Crippen LogP contribution >= 0.6 is 11.8 Å². The number of ketones is 1. The summed E-state index contributed by atoms with van der Waals surface area (Å²) in [5.41, 5.74) is 1.05. The molecular weight excluding hydrogens is 168 g/mol. The second-order valence-corrected chi connectivity index (χ2v) is 5.09. The minimum Gasteiger partial charge on any atom is -0.293 e. The van der Waals surface area contributed by atoms with Gasteiger partial charge in [-0.25, -0.2) is 0 Å². The average Bonchev–Trinajstić information content (AvgIpc) is 2.55. The summed E-state index contributed by atoms with van der Waals surface area (Å²) in [6, 6.07) is 0. The summed E-state index contributed by atoms with van der Waals surface area (Å²) in [6.07, 6.45) is 7.33. The van der Waals surface area contributed by atoms with Crippen molar-refractivity contribution in [1.82, 2.24) is 0 Å². The first-order chi connectivity index (χ1) is 5.58. The van der Waals surface area contributed by atoms with E-state index in [-0.39, 0.29) is 4.75 Å². The molecule has 0 aromatic rings. The van der Waals surface area contributed by atoms with Crippen molar-refractivity contribution in [2.45, 2.75) is 37.9 Å². The van der Waals surface area contributed by atoms with E-state index < -0.39 is 0 Å². The Balaban J connectivity index is 2.70. The van der Waals surface area contributed by atoms with Gasteiger partial charge in [0.15, 0.2) is 5.78 Å². The lowest BCUT2D eigenvalue weighted by atomic mass is 10.00. The van der Waals surface area contributed by atoms with Crippen LogP contribution in [-0.2, 0) is 4.79 Å². The zero-order valence-electron chi connectivity index (χ0n) is 8.02. The molecule has 0 aromatic heterocycles. The molecule has 0 saturated carbocycles. The molecule has 1 nitrogen and oxygen atoms in total. The Bertz CT molecular complexity index is 216. The van der Waals surface area contributed by atoms with E-state index in [1.165, 1.54) is 0 Å². The summed E-state index contributed by atoms with van der Waals surface area (Å²) in [7, 11) is 0. The van der Waals surface area contributed by atoms with E-state index in [1.807, 2.05) is 20.1 Å². The first kappa shape index (κ1) is 9.85. The molecular formula is C10H16OS. The van der Waals surface area contributed by atoms with Crippen LogP contribution in [0.15, 0.2) is 11.6 Å². The number of rotatable bonds is 3. The zero-order chi connectivity index (χ0) is 9.19. The number of thioether (sulfide) groups is 1. The molecule has 0 aromatic carbocycles. The van der Waals surface area contributed by atoms with Crippen molar-refractivity contribution in [3.05, 3.63) is 11.6 Å². The van der Waals surface area contributed by atoms with Gasteiger partial charge < -0.3 is 0 Å². The Labute approximate surface area is 78.6 Å². The molecule has 0 N–H and O–H groups in total. The molecule has 0 atom stereocenters. The molecule has 0 saturated heterocycles. The van der Waals surface area contributed by atoms with E-state index in [0.29, 0.717) is 5.78 Å². The smallest absolute Gasteiger partial charge is 0.173 e. The van der Waals surface area contributed by atoms with Gasteiger partial charge in [-0.15, -0.1) is 0 Å². The SMILES string of the molecule is CSC(C)(C)C(=O)C1=CCCC1. The van der Waals surface area contributed by atoms with Crippen LogP contribution in [0.2, 0.25) is 0 Å². The van der Waals surface area contributed by atoms with Gasteiger partial charge in [-0.1, -0.05) is 6.08 Å². The molecule has 0 spiro atoms. The molecule has 1 rings (SSSR count). The summed E-state index contributed by atoms with van der Waals surface area (Å²) in [6.45, 7) is 4.00. The number of carbonyl (C=O) groups is 1. The van der Waals surface area contributed by atoms with Crippen molar-refractivity contribution in [1.29, 1.82) is 0 Å². The van der Waals surface area contributed by atoms with Crippen LogP contribution in [0, 0.1) is 0 Å². The van der Waals surface area contributed by atoms with Gasteiger partial charge in [0.2, 0.25) is 0 Å². The largest absolute Gasteiger partial charge is 0.293 e. The maximum atomic E-state index is 11.8. The molecule has 12 heavy (non-hydrogen) atoms. The third-order valence-corrected chi connectivity index (χ3v) is 3.60. The third kappa shape index (κ3) is 1.92. The summed E-state index contributed by atoms with van der Waals surface area (Å²) in [4.78, 5) is 11.8. The molecule has 2 heteroatoms. The van der Waals surface area contributed by atoms with Crippen LogP contribution < -0.4 is 0 Å². The molecule has 1 aliphatic carbocycles. The van der Waals surface area contributed by atoms with Gasteiger partial charge in [-0.3, -0.25) is 4.79 Å². The van der Waals surface area contributed by atoms with Gasteiger partial charge in [-0.2, -0.15) is 11.8 Å². The summed E-state index contributed by atoms with van der Waals surface area (Å²) < 4.78 is -0.226. The minimum absolute atomic E-state index is 0.226. The molecule has 1 aliphatic rings. The van der Waals surface area contributed by atoms with Crippen molar-refractivity contribution in [2.24, 2.45) is 0 Å². The minimum atomic E-state index is -0.226. The van der Waals surface area contributed by atoms with Crippen LogP contribution in [0.25, 0.3) is 0 Å². The van der Waals surface area contributed by atoms with Crippen LogP contribution in [0.4, 0.5) is 0 Å². The second-order valence-electron chi connectivity index (χ2n) is 3.67. The van der Waals surface area contributed by atoms with E-state index in [9.17, 15) is 4.79 Å². The highest BCUT2D eigenvalue weighted by Crippen LogP contribution is 2.30. The molecule has 0 fully saturated rings. The van der Waals surface area contributed by atoms with Gasteiger partial charge in [0, 0.05) is 0 Å². The van der Waals surface area contributed by atoms with Gasteiger partial charge >= 0.3 is 0 Å². The normalized spacial score (nSPS) is 17.8. The average molecular weight is 184 g/mol. The maximum Gasteiger partial charge on any atom is 0.173 e. The standard InChI is InChI=1S/C10H16OS/c1-10(2,12-3)9(11)8-6-4-5-7-8/h6H,4-5,7H2,1-3H3. The first-order valence-corrected chi connectivity index (χ1v) is 5.59. The lowest BCUT2D eigenvalue weighted by Gasteiger charge is -2.20. The van der Waals surface area contributed by atoms with E-state index in [4.69, 9.17) is 0 Å².